The van der Waals surface area contributed by atoms with Crippen LogP contribution in [0, 0.1) is 0 Å². The maximum Gasteiger partial charge on any atom is -0.0311 e. The molecule has 64 valence electrons. The molecule has 0 fully saturated rings. The summed E-state index contributed by atoms with van der Waals surface area (Å²) in [4.78, 5) is 0. The minimum atomic E-state index is 1.10. The zero-order valence-corrected chi connectivity index (χ0v) is 8.22. The Hall–Kier alpha value is -0.780. The predicted molar refractivity (Wildman–Crippen MR) is 54.7 cm³/mol. The monoisotopic (exact) mass is 152 g/mol. The van der Waals surface area contributed by atoms with Gasteiger partial charge < -0.3 is 0 Å². The van der Waals surface area contributed by atoms with Crippen LogP contribution >= 0.6 is 0 Å². The Labute approximate surface area is 71.3 Å². The molecule has 0 heteroatoms. The predicted octanol–water partition coefficient (Wildman–Crippen LogP) is 4.11. The number of allylic oxidation sites excluding steroid dienone is 5. The van der Waals surface area contributed by atoms with Crippen LogP contribution in [-0.4, -0.2) is 0 Å². The largest absolute Gasteiger partial charge is 0.0991 e. The Morgan fingerprint density at radius 2 is 1.91 bits per heavy atom. The van der Waals surface area contributed by atoms with Crippen molar-refractivity contribution in [3.63, 3.8) is 0 Å². The highest BCUT2D eigenvalue weighted by Crippen LogP contribution is 2.00. The second-order valence-electron chi connectivity index (χ2n) is 1.81. The highest BCUT2D eigenvalue weighted by atomic mass is 13.9. The third-order valence-corrected chi connectivity index (χ3v) is 1.23. The van der Waals surface area contributed by atoms with Crippen LogP contribution in [0.4, 0.5) is 0 Å². The zero-order chi connectivity index (χ0) is 9.11. The van der Waals surface area contributed by atoms with Gasteiger partial charge in [-0.15, -0.1) is 0 Å². The number of hydrogen-bond acceptors (Lipinski definition) is 0. The molecule has 0 spiro atoms. The summed E-state index contributed by atoms with van der Waals surface area (Å²) in [6.07, 6.45) is 9.03. The van der Waals surface area contributed by atoms with Gasteiger partial charge in [-0.25, -0.2) is 0 Å². The third-order valence-electron chi connectivity index (χ3n) is 1.23. The van der Waals surface area contributed by atoms with E-state index in [0.29, 0.717) is 0 Å². The molecule has 0 aromatic rings. The summed E-state index contributed by atoms with van der Waals surface area (Å²) in [6.45, 7) is 11.8. The number of rotatable bonds is 3. The van der Waals surface area contributed by atoms with Gasteiger partial charge in [0.15, 0.2) is 0 Å². The molecule has 0 heterocycles. The normalized spacial score (nSPS) is 10.7. The average molecular weight is 152 g/mol. The molecular weight excluding hydrogens is 132 g/mol. The van der Waals surface area contributed by atoms with E-state index in [4.69, 9.17) is 0 Å². The zero-order valence-electron chi connectivity index (χ0n) is 8.22. The summed E-state index contributed by atoms with van der Waals surface area (Å²) in [5.41, 5.74) is 1.36. The fraction of sp³-hybridized carbons (Fsp3) is 0.455. The first-order valence-electron chi connectivity index (χ1n) is 4.29. The van der Waals surface area contributed by atoms with Crippen LogP contribution in [-0.2, 0) is 0 Å². The van der Waals surface area contributed by atoms with Crippen LogP contribution < -0.4 is 0 Å². The topological polar surface area (TPSA) is 0 Å². The van der Waals surface area contributed by atoms with Crippen molar-refractivity contribution in [1.29, 1.82) is 0 Å². The summed E-state index contributed by atoms with van der Waals surface area (Å²) in [7, 11) is 0. The van der Waals surface area contributed by atoms with Crippen LogP contribution in [0.3, 0.4) is 0 Å². The van der Waals surface area contributed by atoms with Gasteiger partial charge in [0.2, 0.25) is 0 Å². The van der Waals surface area contributed by atoms with Gasteiger partial charge in [-0.3, -0.25) is 0 Å². The molecular formula is C11H20. The second-order valence-corrected chi connectivity index (χ2v) is 1.81. The SMILES string of the molecule is C=C/C=C\C(=C/C)CC.CC. The Balaban J connectivity index is 0. The maximum absolute atomic E-state index is 3.59. The summed E-state index contributed by atoms with van der Waals surface area (Å²) in [6, 6.07) is 0. The van der Waals surface area contributed by atoms with E-state index in [9.17, 15) is 0 Å². The van der Waals surface area contributed by atoms with Gasteiger partial charge in [-0.1, -0.05) is 57.2 Å². The van der Waals surface area contributed by atoms with Gasteiger partial charge in [0.05, 0.1) is 0 Å². The van der Waals surface area contributed by atoms with E-state index in [1.165, 1.54) is 5.57 Å². The lowest BCUT2D eigenvalue weighted by Gasteiger charge is -1.90. The molecule has 0 N–H and O–H groups in total. The maximum atomic E-state index is 3.59. The first kappa shape index (κ1) is 12.9. The Morgan fingerprint density at radius 1 is 1.36 bits per heavy atom. The van der Waals surface area contributed by atoms with Gasteiger partial charge in [-0.2, -0.15) is 0 Å². The first-order chi connectivity index (χ1) is 5.35. The molecule has 0 aliphatic carbocycles. The van der Waals surface area contributed by atoms with E-state index in [1.54, 1.807) is 6.08 Å². The minimum Gasteiger partial charge on any atom is -0.0991 e. The molecule has 0 bridgehead atoms. The van der Waals surface area contributed by atoms with Crippen molar-refractivity contribution in [2.45, 2.75) is 34.1 Å². The molecule has 0 aliphatic rings. The molecule has 0 aromatic heterocycles. The highest BCUT2D eigenvalue weighted by Gasteiger charge is 1.80. The van der Waals surface area contributed by atoms with Gasteiger partial charge in [-0.05, 0) is 13.3 Å². The smallest absolute Gasteiger partial charge is 0.0311 e. The lowest BCUT2D eigenvalue weighted by Crippen LogP contribution is -1.69. The van der Waals surface area contributed by atoms with Gasteiger partial charge in [0.25, 0.3) is 0 Å². The Bertz CT molecular complexity index is 127. The second kappa shape index (κ2) is 12.0. The molecule has 0 saturated heterocycles. The molecule has 11 heavy (non-hydrogen) atoms. The molecule has 0 aromatic carbocycles. The van der Waals surface area contributed by atoms with E-state index in [2.05, 4.69) is 25.7 Å². The van der Waals surface area contributed by atoms with Crippen LogP contribution in [0.2, 0.25) is 0 Å². The van der Waals surface area contributed by atoms with Gasteiger partial charge >= 0.3 is 0 Å². The standard InChI is InChI=1S/C9H14.C2H6/c1-4-7-8-9(5-2)6-3;1-2/h4-5,7-8H,1,6H2,2-3H3;1-2H3/b8-7-,9-5-;. The van der Waals surface area contributed by atoms with E-state index in [0.717, 1.165) is 6.42 Å². The van der Waals surface area contributed by atoms with Crippen molar-refractivity contribution in [2.75, 3.05) is 0 Å². The van der Waals surface area contributed by atoms with Crippen molar-refractivity contribution in [3.05, 3.63) is 36.5 Å². The summed E-state index contributed by atoms with van der Waals surface area (Å²) in [5.74, 6) is 0. The van der Waals surface area contributed by atoms with E-state index in [1.807, 2.05) is 26.8 Å². The molecule has 0 amide bonds. The fourth-order valence-electron chi connectivity index (χ4n) is 0.610. The van der Waals surface area contributed by atoms with Crippen molar-refractivity contribution >= 4 is 0 Å². The van der Waals surface area contributed by atoms with Crippen molar-refractivity contribution in [2.24, 2.45) is 0 Å². The van der Waals surface area contributed by atoms with Crippen LogP contribution in [0.1, 0.15) is 34.1 Å². The highest BCUT2D eigenvalue weighted by molar-refractivity contribution is 5.20. The van der Waals surface area contributed by atoms with Crippen molar-refractivity contribution in [3.8, 4) is 0 Å². The van der Waals surface area contributed by atoms with Gasteiger partial charge in [0.1, 0.15) is 0 Å². The van der Waals surface area contributed by atoms with Crippen molar-refractivity contribution < 1.29 is 0 Å². The Morgan fingerprint density at radius 3 is 2.18 bits per heavy atom. The Kier molecular flexibility index (Phi) is 14.0. The molecule has 0 aliphatic heterocycles. The van der Waals surface area contributed by atoms with Crippen LogP contribution in [0.25, 0.3) is 0 Å². The number of hydrogen-bond donors (Lipinski definition) is 0. The molecule has 0 unspecified atom stereocenters. The van der Waals surface area contributed by atoms with E-state index < -0.39 is 0 Å². The fourth-order valence-corrected chi connectivity index (χ4v) is 0.610. The van der Waals surface area contributed by atoms with E-state index >= 15 is 0 Å². The molecule has 0 saturated carbocycles. The average Bonchev–Trinajstić information content (AvgIpc) is 2.10. The van der Waals surface area contributed by atoms with Crippen LogP contribution in [0.15, 0.2) is 36.5 Å². The molecule has 0 atom stereocenters. The summed E-state index contributed by atoms with van der Waals surface area (Å²) >= 11 is 0. The molecule has 0 nitrogen and oxygen atoms in total. The summed E-state index contributed by atoms with van der Waals surface area (Å²) < 4.78 is 0. The minimum absolute atomic E-state index is 1.10. The lowest BCUT2D eigenvalue weighted by atomic mass is 10.2. The third kappa shape index (κ3) is 9.22. The lowest BCUT2D eigenvalue weighted by molar-refractivity contribution is 1.14. The van der Waals surface area contributed by atoms with E-state index in [-0.39, 0.29) is 0 Å². The molecule has 0 radical (unpaired) electrons. The quantitative estimate of drug-likeness (QED) is 0.534. The van der Waals surface area contributed by atoms with Crippen LogP contribution in [0.5, 0.6) is 0 Å². The summed E-state index contributed by atoms with van der Waals surface area (Å²) in [5, 5.41) is 0. The van der Waals surface area contributed by atoms with Gasteiger partial charge in [0, 0.05) is 0 Å². The molecule has 0 rings (SSSR count). The first-order valence-corrected chi connectivity index (χ1v) is 4.29. The van der Waals surface area contributed by atoms with Crippen molar-refractivity contribution in [1.82, 2.24) is 0 Å².